The van der Waals surface area contributed by atoms with Gasteiger partial charge < -0.3 is 10.4 Å². The standard InChI is InChI=1S/C8H17NOS/c1-2-7(5-10)9-8-3-4-11-6-8/h7-10H,2-6H2,1H3/t7-,8+/m0/s1. The third kappa shape index (κ3) is 3.01. The maximum Gasteiger partial charge on any atom is 0.0584 e. The van der Waals surface area contributed by atoms with Crippen molar-refractivity contribution in [3.05, 3.63) is 0 Å². The number of nitrogens with one attached hydrogen (secondary N) is 1. The van der Waals surface area contributed by atoms with E-state index in [0.29, 0.717) is 12.1 Å². The molecule has 2 nitrogen and oxygen atoms in total. The number of thioether (sulfide) groups is 1. The second-order valence-electron chi connectivity index (χ2n) is 3.01. The first-order valence-electron chi connectivity index (χ1n) is 4.31. The van der Waals surface area contributed by atoms with Gasteiger partial charge >= 0.3 is 0 Å². The SMILES string of the molecule is CC[C@@H](CO)N[C@@H]1CCSC1. The average molecular weight is 175 g/mol. The molecule has 0 bridgehead atoms. The summed E-state index contributed by atoms with van der Waals surface area (Å²) in [6.07, 6.45) is 2.29. The zero-order chi connectivity index (χ0) is 8.10. The monoisotopic (exact) mass is 175 g/mol. The predicted octanol–water partition coefficient (Wildman–Crippen LogP) is 0.852. The summed E-state index contributed by atoms with van der Waals surface area (Å²) in [5.41, 5.74) is 0. The highest BCUT2D eigenvalue weighted by molar-refractivity contribution is 7.99. The molecule has 3 heteroatoms. The molecule has 1 fully saturated rings. The van der Waals surface area contributed by atoms with E-state index in [0.717, 1.165) is 6.42 Å². The van der Waals surface area contributed by atoms with Crippen LogP contribution in [0.2, 0.25) is 0 Å². The minimum Gasteiger partial charge on any atom is -0.395 e. The molecule has 0 aromatic heterocycles. The Bertz CT molecular complexity index is 100. The zero-order valence-electron chi connectivity index (χ0n) is 7.05. The van der Waals surface area contributed by atoms with Crippen LogP contribution in [0.4, 0.5) is 0 Å². The summed E-state index contributed by atoms with van der Waals surface area (Å²) in [4.78, 5) is 0. The van der Waals surface area contributed by atoms with Gasteiger partial charge in [-0.3, -0.25) is 0 Å². The molecule has 0 saturated carbocycles. The summed E-state index contributed by atoms with van der Waals surface area (Å²) >= 11 is 2.00. The van der Waals surface area contributed by atoms with Crippen LogP contribution in [-0.4, -0.2) is 35.3 Å². The Morgan fingerprint density at radius 3 is 3.00 bits per heavy atom. The first kappa shape index (κ1) is 9.36. The van der Waals surface area contributed by atoms with Crippen LogP contribution in [0.5, 0.6) is 0 Å². The van der Waals surface area contributed by atoms with Gasteiger partial charge in [0, 0.05) is 17.8 Å². The third-order valence-corrected chi connectivity index (χ3v) is 3.28. The van der Waals surface area contributed by atoms with Crippen LogP contribution in [0.15, 0.2) is 0 Å². The highest BCUT2D eigenvalue weighted by Crippen LogP contribution is 2.17. The Kier molecular flexibility index (Phi) is 4.26. The van der Waals surface area contributed by atoms with Crippen LogP contribution in [0.25, 0.3) is 0 Å². The molecule has 1 aliphatic heterocycles. The molecule has 0 amide bonds. The molecule has 11 heavy (non-hydrogen) atoms. The van der Waals surface area contributed by atoms with E-state index in [4.69, 9.17) is 5.11 Å². The fourth-order valence-corrected chi connectivity index (χ4v) is 2.46. The van der Waals surface area contributed by atoms with Crippen molar-refractivity contribution in [2.24, 2.45) is 0 Å². The van der Waals surface area contributed by atoms with Crippen LogP contribution >= 0.6 is 11.8 Å². The van der Waals surface area contributed by atoms with Crippen LogP contribution in [0.3, 0.4) is 0 Å². The van der Waals surface area contributed by atoms with Crippen LogP contribution in [-0.2, 0) is 0 Å². The molecule has 2 atom stereocenters. The molecule has 1 saturated heterocycles. The van der Waals surface area contributed by atoms with Gasteiger partial charge in [0.25, 0.3) is 0 Å². The Morgan fingerprint density at radius 1 is 1.73 bits per heavy atom. The summed E-state index contributed by atoms with van der Waals surface area (Å²) in [5.74, 6) is 2.50. The predicted molar refractivity (Wildman–Crippen MR) is 50.0 cm³/mol. The van der Waals surface area contributed by atoms with Crippen molar-refractivity contribution >= 4 is 11.8 Å². The molecule has 0 radical (unpaired) electrons. The van der Waals surface area contributed by atoms with Crippen molar-refractivity contribution in [1.82, 2.24) is 5.32 Å². The molecule has 0 spiro atoms. The number of rotatable bonds is 4. The van der Waals surface area contributed by atoms with Gasteiger partial charge in [-0.1, -0.05) is 6.92 Å². The first-order chi connectivity index (χ1) is 5.36. The van der Waals surface area contributed by atoms with Gasteiger partial charge in [-0.25, -0.2) is 0 Å². The summed E-state index contributed by atoms with van der Waals surface area (Å²) < 4.78 is 0. The molecular weight excluding hydrogens is 158 g/mol. The minimum absolute atomic E-state index is 0.275. The fourth-order valence-electron chi connectivity index (χ4n) is 1.30. The van der Waals surface area contributed by atoms with Crippen molar-refractivity contribution in [3.63, 3.8) is 0 Å². The zero-order valence-corrected chi connectivity index (χ0v) is 7.86. The fraction of sp³-hybridized carbons (Fsp3) is 1.00. The van der Waals surface area contributed by atoms with E-state index in [1.807, 2.05) is 11.8 Å². The lowest BCUT2D eigenvalue weighted by Gasteiger charge is -2.18. The number of aliphatic hydroxyl groups is 1. The van der Waals surface area contributed by atoms with E-state index in [-0.39, 0.29) is 6.61 Å². The molecule has 1 aliphatic rings. The molecule has 0 aromatic carbocycles. The van der Waals surface area contributed by atoms with E-state index < -0.39 is 0 Å². The quantitative estimate of drug-likeness (QED) is 0.664. The first-order valence-corrected chi connectivity index (χ1v) is 5.47. The van der Waals surface area contributed by atoms with E-state index in [9.17, 15) is 0 Å². The lowest BCUT2D eigenvalue weighted by molar-refractivity contribution is 0.230. The van der Waals surface area contributed by atoms with E-state index in [2.05, 4.69) is 12.2 Å². The summed E-state index contributed by atoms with van der Waals surface area (Å²) in [6, 6.07) is 0.968. The van der Waals surface area contributed by atoms with Crippen molar-refractivity contribution in [3.8, 4) is 0 Å². The molecule has 66 valence electrons. The third-order valence-electron chi connectivity index (χ3n) is 2.11. The average Bonchev–Trinajstić information content (AvgIpc) is 2.52. The van der Waals surface area contributed by atoms with Gasteiger partial charge in [0.05, 0.1) is 6.61 Å². The molecule has 1 rings (SSSR count). The summed E-state index contributed by atoms with van der Waals surface area (Å²) in [5, 5.41) is 12.4. The van der Waals surface area contributed by atoms with E-state index in [1.165, 1.54) is 17.9 Å². The van der Waals surface area contributed by atoms with Crippen LogP contribution in [0.1, 0.15) is 19.8 Å². The van der Waals surface area contributed by atoms with Gasteiger partial charge in [0.1, 0.15) is 0 Å². The Hall–Kier alpha value is 0.270. The normalized spacial score (nSPS) is 27.3. The second kappa shape index (κ2) is 5.01. The van der Waals surface area contributed by atoms with Crippen molar-refractivity contribution in [1.29, 1.82) is 0 Å². The van der Waals surface area contributed by atoms with Gasteiger partial charge in [0.15, 0.2) is 0 Å². The highest BCUT2D eigenvalue weighted by Gasteiger charge is 2.17. The summed E-state index contributed by atoms with van der Waals surface area (Å²) in [6.45, 7) is 2.38. The smallest absolute Gasteiger partial charge is 0.0584 e. The highest BCUT2D eigenvalue weighted by atomic mass is 32.2. The largest absolute Gasteiger partial charge is 0.395 e. The van der Waals surface area contributed by atoms with Crippen LogP contribution < -0.4 is 5.32 Å². The van der Waals surface area contributed by atoms with Gasteiger partial charge in [0.2, 0.25) is 0 Å². The topological polar surface area (TPSA) is 32.3 Å². The number of hydrogen-bond acceptors (Lipinski definition) is 3. The maximum absolute atomic E-state index is 8.92. The van der Waals surface area contributed by atoms with Gasteiger partial charge in [-0.05, 0) is 18.6 Å². The van der Waals surface area contributed by atoms with Crippen molar-refractivity contribution in [2.75, 3.05) is 18.1 Å². The molecule has 2 N–H and O–H groups in total. The van der Waals surface area contributed by atoms with Crippen LogP contribution in [0, 0.1) is 0 Å². The molecular formula is C8H17NOS. The number of hydrogen-bond donors (Lipinski definition) is 2. The Morgan fingerprint density at radius 2 is 2.55 bits per heavy atom. The Balaban J connectivity index is 2.16. The Labute approximate surface area is 72.8 Å². The summed E-state index contributed by atoms with van der Waals surface area (Å²) in [7, 11) is 0. The molecule has 1 heterocycles. The van der Waals surface area contributed by atoms with Gasteiger partial charge in [-0.15, -0.1) is 0 Å². The van der Waals surface area contributed by atoms with Crippen molar-refractivity contribution in [2.45, 2.75) is 31.8 Å². The molecule has 0 unspecified atom stereocenters. The number of aliphatic hydroxyl groups excluding tert-OH is 1. The van der Waals surface area contributed by atoms with Gasteiger partial charge in [-0.2, -0.15) is 11.8 Å². The lowest BCUT2D eigenvalue weighted by atomic mass is 10.2. The maximum atomic E-state index is 8.92. The van der Waals surface area contributed by atoms with Crippen molar-refractivity contribution < 1.29 is 5.11 Å². The van der Waals surface area contributed by atoms with E-state index in [1.54, 1.807) is 0 Å². The van der Waals surface area contributed by atoms with E-state index >= 15 is 0 Å². The molecule has 0 aromatic rings. The lowest BCUT2D eigenvalue weighted by Crippen LogP contribution is -2.40. The minimum atomic E-state index is 0.275. The second-order valence-corrected chi connectivity index (χ2v) is 4.16. The molecule has 0 aliphatic carbocycles.